The molecule has 2 aromatic rings. The molecule has 5 nitrogen and oxygen atoms in total. The van der Waals surface area contributed by atoms with E-state index in [1.165, 1.54) is 0 Å². The number of unbranched alkanes of at least 4 members (excludes halogenated alkanes) is 1. The Morgan fingerprint density at radius 1 is 1.53 bits per heavy atom. The van der Waals surface area contributed by atoms with Crippen LogP contribution in [0.2, 0.25) is 0 Å². The number of hydrogen-bond donors (Lipinski definition) is 1. The summed E-state index contributed by atoms with van der Waals surface area (Å²) in [4.78, 5) is 8.38. The molecule has 0 aliphatic carbocycles. The van der Waals surface area contributed by atoms with Crippen LogP contribution in [0.3, 0.4) is 0 Å². The molecule has 0 saturated heterocycles. The molecule has 2 rings (SSSR count). The van der Waals surface area contributed by atoms with Crippen LogP contribution >= 0.6 is 0 Å². The quantitative estimate of drug-likeness (QED) is 0.815. The van der Waals surface area contributed by atoms with Crippen LogP contribution in [0.15, 0.2) is 12.4 Å². The number of imidazole rings is 1. The van der Waals surface area contributed by atoms with E-state index in [0.717, 1.165) is 30.9 Å². The summed E-state index contributed by atoms with van der Waals surface area (Å²) in [5.41, 5.74) is 1.87. The first-order valence-corrected chi connectivity index (χ1v) is 5.75. The predicted molar refractivity (Wildman–Crippen MR) is 65.8 cm³/mol. The lowest BCUT2D eigenvalue weighted by Gasteiger charge is -2.08. The maximum Gasteiger partial charge on any atom is 0.185 e. The first kappa shape index (κ1) is 11.4. The monoisotopic (exact) mass is 229 g/mol. The molecule has 0 aliphatic heterocycles. The van der Waals surface area contributed by atoms with Crippen molar-refractivity contribution in [2.24, 2.45) is 0 Å². The maximum absolute atomic E-state index is 8.93. The van der Waals surface area contributed by atoms with Gasteiger partial charge in [0.25, 0.3) is 0 Å². The van der Waals surface area contributed by atoms with Gasteiger partial charge >= 0.3 is 0 Å². The van der Waals surface area contributed by atoms with E-state index in [0.29, 0.717) is 11.3 Å². The molecule has 2 heterocycles. The van der Waals surface area contributed by atoms with E-state index in [-0.39, 0.29) is 0 Å². The Bertz CT molecular complexity index is 564. The third-order valence-corrected chi connectivity index (χ3v) is 2.57. The van der Waals surface area contributed by atoms with Crippen molar-refractivity contribution in [3.05, 3.63) is 23.8 Å². The van der Waals surface area contributed by atoms with Crippen molar-refractivity contribution >= 4 is 11.5 Å². The molecule has 88 valence electrons. The molecule has 0 atom stereocenters. The molecule has 0 amide bonds. The zero-order chi connectivity index (χ0) is 12.3. The maximum atomic E-state index is 8.93. The molecule has 0 unspecified atom stereocenters. The third-order valence-electron chi connectivity index (χ3n) is 2.57. The number of nitriles is 1. The fourth-order valence-corrected chi connectivity index (χ4v) is 1.70. The summed E-state index contributed by atoms with van der Waals surface area (Å²) in [6.07, 6.45) is 3.89. The predicted octanol–water partition coefficient (Wildman–Crippen LogP) is 2.12. The lowest BCUT2D eigenvalue weighted by Crippen LogP contribution is -2.06. The van der Waals surface area contributed by atoms with Gasteiger partial charge in [0.2, 0.25) is 0 Å². The molecule has 0 aliphatic rings. The minimum Gasteiger partial charge on any atom is -0.371 e. The third kappa shape index (κ3) is 2.21. The van der Waals surface area contributed by atoms with Crippen molar-refractivity contribution in [3.63, 3.8) is 0 Å². The van der Waals surface area contributed by atoms with Crippen molar-refractivity contribution in [1.82, 2.24) is 14.4 Å². The van der Waals surface area contributed by atoms with E-state index < -0.39 is 0 Å². The van der Waals surface area contributed by atoms with Crippen molar-refractivity contribution in [2.45, 2.75) is 26.7 Å². The van der Waals surface area contributed by atoms with E-state index in [9.17, 15) is 0 Å². The van der Waals surface area contributed by atoms with E-state index in [2.05, 4.69) is 22.2 Å². The van der Waals surface area contributed by atoms with Gasteiger partial charge in [0.05, 0.1) is 0 Å². The average molecular weight is 229 g/mol. The number of hydrogen-bond acceptors (Lipinski definition) is 4. The van der Waals surface area contributed by atoms with Gasteiger partial charge in [-0.25, -0.2) is 9.97 Å². The summed E-state index contributed by atoms with van der Waals surface area (Å²) in [5.74, 6) is 0.940. The smallest absolute Gasteiger partial charge is 0.185 e. The van der Waals surface area contributed by atoms with Crippen LogP contribution in [0.4, 0.5) is 5.82 Å². The van der Waals surface area contributed by atoms with Crippen LogP contribution in [0.25, 0.3) is 5.65 Å². The van der Waals surface area contributed by atoms with Crippen molar-refractivity contribution in [1.29, 1.82) is 5.26 Å². The zero-order valence-corrected chi connectivity index (χ0v) is 10.1. The Labute approximate surface area is 100 Å². The number of fused-ring (bicyclic) bond motifs is 1. The Morgan fingerprint density at radius 3 is 3.06 bits per heavy atom. The Hall–Kier alpha value is -2.09. The van der Waals surface area contributed by atoms with Crippen LogP contribution < -0.4 is 5.32 Å². The number of aromatic nitrogens is 3. The second kappa shape index (κ2) is 4.83. The standard InChI is InChI=1S/C12H15N5/c1-3-4-5-14-11-6-9(2)16-12-10(7-13)15-8-17(11)12/h6,8,14H,3-5H2,1-2H3. The Balaban J connectivity index is 2.41. The van der Waals surface area contributed by atoms with Gasteiger partial charge in [-0.15, -0.1) is 0 Å². The van der Waals surface area contributed by atoms with Gasteiger partial charge in [-0.2, -0.15) is 5.26 Å². The van der Waals surface area contributed by atoms with Crippen molar-refractivity contribution in [3.8, 4) is 6.07 Å². The van der Waals surface area contributed by atoms with Gasteiger partial charge in [-0.1, -0.05) is 13.3 Å². The highest BCUT2D eigenvalue weighted by atomic mass is 15.1. The van der Waals surface area contributed by atoms with Gasteiger partial charge in [0.1, 0.15) is 18.2 Å². The lowest BCUT2D eigenvalue weighted by atomic mass is 10.3. The van der Waals surface area contributed by atoms with Gasteiger partial charge in [-0.3, -0.25) is 4.40 Å². The van der Waals surface area contributed by atoms with Crippen LogP contribution in [0.5, 0.6) is 0 Å². The Kier molecular flexibility index (Phi) is 3.24. The minimum atomic E-state index is 0.368. The second-order valence-corrected chi connectivity index (χ2v) is 3.96. The molecule has 0 bridgehead atoms. The van der Waals surface area contributed by atoms with Crippen molar-refractivity contribution < 1.29 is 0 Å². The normalized spacial score (nSPS) is 10.4. The minimum absolute atomic E-state index is 0.368. The van der Waals surface area contributed by atoms with Crippen LogP contribution in [0, 0.1) is 18.3 Å². The van der Waals surface area contributed by atoms with E-state index in [4.69, 9.17) is 5.26 Å². The average Bonchev–Trinajstić information content (AvgIpc) is 2.72. The van der Waals surface area contributed by atoms with Gasteiger partial charge in [0.15, 0.2) is 11.3 Å². The molecule has 17 heavy (non-hydrogen) atoms. The van der Waals surface area contributed by atoms with Crippen molar-refractivity contribution in [2.75, 3.05) is 11.9 Å². The second-order valence-electron chi connectivity index (χ2n) is 3.96. The highest BCUT2D eigenvalue weighted by molar-refractivity contribution is 5.57. The van der Waals surface area contributed by atoms with Gasteiger partial charge in [0, 0.05) is 18.3 Å². The highest BCUT2D eigenvalue weighted by Crippen LogP contribution is 2.15. The molecule has 0 aromatic carbocycles. The zero-order valence-electron chi connectivity index (χ0n) is 10.1. The number of nitrogens with zero attached hydrogens (tertiary/aromatic N) is 4. The number of nitrogens with one attached hydrogen (secondary N) is 1. The van der Waals surface area contributed by atoms with E-state index in [1.54, 1.807) is 6.33 Å². The van der Waals surface area contributed by atoms with Crippen LogP contribution in [-0.4, -0.2) is 20.9 Å². The summed E-state index contributed by atoms with van der Waals surface area (Å²) >= 11 is 0. The van der Waals surface area contributed by atoms with E-state index in [1.807, 2.05) is 23.5 Å². The van der Waals surface area contributed by atoms with Gasteiger partial charge in [-0.05, 0) is 13.3 Å². The summed E-state index contributed by atoms with van der Waals surface area (Å²) in [6.45, 7) is 4.98. The van der Waals surface area contributed by atoms with Crippen LogP contribution in [0.1, 0.15) is 31.2 Å². The first-order chi connectivity index (χ1) is 8.26. The molecular weight excluding hydrogens is 214 g/mol. The summed E-state index contributed by atoms with van der Waals surface area (Å²) in [7, 11) is 0. The number of rotatable bonds is 4. The molecule has 0 fully saturated rings. The largest absolute Gasteiger partial charge is 0.371 e. The molecular formula is C12H15N5. The summed E-state index contributed by atoms with van der Waals surface area (Å²) < 4.78 is 1.82. The summed E-state index contributed by atoms with van der Waals surface area (Å²) in [6, 6.07) is 4.01. The summed E-state index contributed by atoms with van der Waals surface area (Å²) in [5, 5.41) is 12.3. The number of anilines is 1. The molecule has 5 heteroatoms. The molecule has 0 radical (unpaired) electrons. The highest BCUT2D eigenvalue weighted by Gasteiger charge is 2.08. The fraction of sp³-hybridized carbons (Fsp3) is 0.417. The van der Waals surface area contributed by atoms with E-state index >= 15 is 0 Å². The topological polar surface area (TPSA) is 66.0 Å². The lowest BCUT2D eigenvalue weighted by molar-refractivity contribution is 0.827. The molecule has 0 saturated carbocycles. The van der Waals surface area contributed by atoms with Gasteiger partial charge < -0.3 is 5.32 Å². The first-order valence-electron chi connectivity index (χ1n) is 5.75. The number of aryl methyl sites for hydroxylation is 1. The SMILES string of the molecule is CCCCNc1cc(C)nc2c(C#N)ncn12. The molecule has 2 aromatic heterocycles. The fourth-order valence-electron chi connectivity index (χ4n) is 1.70. The molecule has 1 N–H and O–H groups in total. The Morgan fingerprint density at radius 2 is 2.35 bits per heavy atom. The molecule has 0 spiro atoms. The van der Waals surface area contributed by atoms with Crippen LogP contribution in [-0.2, 0) is 0 Å².